The lowest BCUT2D eigenvalue weighted by atomic mass is 9.98. The minimum Gasteiger partial charge on any atom is -0.459 e. The van der Waals surface area contributed by atoms with Crippen molar-refractivity contribution in [3.8, 4) is 0 Å². The average Bonchev–Trinajstić information content (AvgIpc) is 3.63. The second-order valence-corrected chi connectivity index (χ2v) is 12.1. The van der Waals surface area contributed by atoms with Gasteiger partial charge in [-0.2, -0.15) is 0 Å². The van der Waals surface area contributed by atoms with Gasteiger partial charge in [-0.25, -0.2) is 0 Å². The predicted molar refractivity (Wildman–Crippen MR) is 178 cm³/mol. The Morgan fingerprint density at radius 1 is 1.02 bits per heavy atom. The number of carbonyl (C=O) groups is 5. The van der Waals surface area contributed by atoms with Crippen molar-refractivity contribution in [3.63, 3.8) is 0 Å². The zero-order valence-electron chi connectivity index (χ0n) is 26.7. The molecule has 0 spiro atoms. The van der Waals surface area contributed by atoms with Gasteiger partial charge < -0.3 is 20.4 Å². The maximum absolute atomic E-state index is 13.4. The normalized spacial score (nSPS) is 17.3. The maximum Gasteiger partial charge on any atom is 0.264 e. The lowest BCUT2D eigenvalue weighted by Crippen LogP contribution is -2.54. The molecular weight excluding hydrogens is 612 g/mol. The topological polar surface area (TPSA) is 163 Å². The first kappa shape index (κ1) is 32.6. The number of piperidine rings is 1. The number of hydrogen-bond acceptors (Lipinski definition) is 9. The van der Waals surface area contributed by atoms with E-state index >= 15 is 0 Å². The number of para-hydroxylation sites is 1. The molecule has 2 aliphatic heterocycles. The summed E-state index contributed by atoms with van der Waals surface area (Å²) in [5.74, 6) is -1.29. The fourth-order valence-corrected chi connectivity index (χ4v) is 6.36. The van der Waals surface area contributed by atoms with Crippen LogP contribution in [-0.4, -0.2) is 65.1 Å². The first-order valence-electron chi connectivity index (χ1n) is 16.3. The molecule has 0 aliphatic carbocycles. The number of aromatic nitrogens is 1. The van der Waals surface area contributed by atoms with E-state index in [1.807, 2.05) is 42.5 Å². The zero-order chi connectivity index (χ0) is 33.6. The number of nitrogens with one attached hydrogen (secondary N) is 4. The standard InChI is InChI=1S/C36H38N6O6/c1-2-22(15-18-39-26-10-5-9-25-32(26)36(47)42(35(25)46)27-12-13-30(43)41-34(27)45)14-17-38-21-31(44)40-33(24-8-6-16-37-20-24)29-19-23-7-3-4-11-28(23)48-29/h3-11,16,19-20,22,27,33,38-39H,2,12-15,17-18,21H2,1H3,(H,40,44)(H,41,43,45). The zero-order valence-corrected chi connectivity index (χ0v) is 26.7. The number of furan rings is 1. The van der Waals surface area contributed by atoms with Crippen LogP contribution >= 0.6 is 0 Å². The summed E-state index contributed by atoms with van der Waals surface area (Å²) in [4.78, 5) is 68.7. The van der Waals surface area contributed by atoms with E-state index in [0.717, 1.165) is 40.7 Å². The van der Waals surface area contributed by atoms with Crippen LogP contribution in [0, 0.1) is 5.92 Å². The maximum atomic E-state index is 13.4. The van der Waals surface area contributed by atoms with E-state index in [2.05, 4.69) is 33.2 Å². The van der Waals surface area contributed by atoms with Crippen molar-refractivity contribution in [2.45, 2.75) is 51.1 Å². The quantitative estimate of drug-likeness (QED) is 0.117. The number of imide groups is 2. The van der Waals surface area contributed by atoms with Gasteiger partial charge in [0, 0.05) is 42.0 Å². The highest BCUT2D eigenvalue weighted by Crippen LogP contribution is 2.33. The average molecular weight is 651 g/mol. The molecule has 4 N–H and O–H groups in total. The Bertz CT molecular complexity index is 1810. The van der Waals surface area contributed by atoms with Crippen LogP contribution in [0.15, 0.2) is 77.5 Å². The van der Waals surface area contributed by atoms with E-state index in [1.54, 1.807) is 30.6 Å². The van der Waals surface area contributed by atoms with E-state index < -0.39 is 35.7 Å². The van der Waals surface area contributed by atoms with E-state index in [9.17, 15) is 24.0 Å². The Balaban J connectivity index is 0.989. The molecule has 3 atom stereocenters. The number of pyridine rings is 1. The second kappa shape index (κ2) is 14.6. The van der Waals surface area contributed by atoms with Gasteiger partial charge in [0.2, 0.25) is 17.7 Å². The number of amides is 5. The van der Waals surface area contributed by atoms with Crippen LogP contribution in [0.25, 0.3) is 11.0 Å². The Morgan fingerprint density at radius 2 is 1.85 bits per heavy atom. The molecule has 4 aromatic rings. The molecule has 2 aromatic heterocycles. The Kier molecular flexibility index (Phi) is 9.91. The molecule has 12 heteroatoms. The lowest BCUT2D eigenvalue weighted by Gasteiger charge is -2.27. The fraction of sp³-hybridized carbons (Fsp3) is 0.333. The lowest BCUT2D eigenvalue weighted by molar-refractivity contribution is -0.136. The molecule has 3 unspecified atom stereocenters. The van der Waals surface area contributed by atoms with E-state index in [1.165, 1.54) is 0 Å². The van der Waals surface area contributed by atoms with Crippen LogP contribution in [-0.2, 0) is 14.4 Å². The molecule has 1 fully saturated rings. The summed E-state index contributed by atoms with van der Waals surface area (Å²) < 4.78 is 6.07. The summed E-state index contributed by atoms with van der Waals surface area (Å²) in [5, 5.41) is 12.8. The number of anilines is 1. The van der Waals surface area contributed by atoms with Crippen LogP contribution < -0.4 is 21.3 Å². The van der Waals surface area contributed by atoms with Crippen LogP contribution in [0.1, 0.15) is 77.1 Å². The van der Waals surface area contributed by atoms with E-state index in [4.69, 9.17) is 4.42 Å². The number of carbonyl (C=O) groups excluding carboxylic acids is 5. The van der Waals surface area contributed by atoms with Gasteiger partial charge in [-0.05, 0) is 62.1 Å². The molecule has 1 saturated heterocycles. The molecule has 0 radical (unpaired) electrons. The molecule has 12 nitrogen and oxygen atoms in total. The fourth-order valence-electron chi connectivity index (χ4n) is 6.36. The van der Waals surface area contributed by atoms with Gasteiger partial charge in [0.25, 0.3) is 11.8 Å². The minimum atomic E-state index is -1.01. The molecule has 0 bridgehead atoms. The molecule has 5 amide bonds. The van der Waals surface area contributed by atoms with Crippen molar-refractivity contribution in [2.75, 3.05) is 25.0 Å². The molecule has 4 heterocycles. The smallest absolute Gasteiger partial charge is 0.264 e. The number of fused-ring (bicyclic) bond motifs is 2. The summed E-state index contributed by atoms with van der Waals surface area (Å²) in [5.41, 5.74) is 2.61. The summed E-state index contributed by atoms with van der Waals surface area (Å²) in [6.07, 6.45) is 6.17. The van der Waals surface area contributed by atoms with Crippen molar-refractivity contribution in [2.24, 2.45) is 5.92 Å². The molecule has 6 rings (SSSR count). The minimum absolute atomic E-state index is 0.0707. The van der Waals surface area contributed by atoms with Crippen molar-refractivity contribution >= 4 is 46.2 Å². The van der Waals surface area contributed by atoms with Crippen molar-refractivity contribution in [3.05, 3.63) is 95.5 Å². The molecule has 48 heavy (non-hydrogen) atoms. The molecular formula is C36H38N6O6. The van der Waals surface area contributed by atoms with Gasteiger partial charge in [0.15, 0.2) is 0 Å². The molecule has 248 valence electrons. The van der Waals surface area contributed by atoms with E-state index in [0.29, 0.717) is 30.5 Å². The van der Waals surface area contributed by atoms with E-state index in [-0.39, 0.29) is 36.4 Å². The van der Waals surface area contributed by atoms with Crippen molar-refractivity contribution in [1.29, 1.82) is 0 Å². The van der Waals surface area contributed by atoms with Gasteiger partial charge in [0.05, 0.1) is 17.7 Å². The number of benzene rings is 2. The third-order valence-corrected chi connectivity index (χ3v) is 8.98. The summed E-state index contributed by atoms with van der Waals surface area (Å²) in [6.45, 7) is 3.47. The Labute approximate surface area is 277 Å². The number of nitrogens with zero attached hydrogens (tertiary/aromatic N) is 2. The highest BCUT2D eigenvalue weighted by Gasteiger charge is 2.45. The third kappa shape index (κ3) is 6.98. The highest BCUT2D eigenvalue weighted by atomic mass is 16.3. The second-order valence-electron chi connectivity index (χ2n) is 12.1. The van der Waals surface area contributed by atoms with Gasteiger partial charge in [-0.1, -0.05) is 43.7 Å². The number of rotatable bonds is 14. The number of hydrogen-bond donors (Lipinski definition) is 4. The summed E-state index contributed by atoms with van der Waals surface area (Å²) in [7, 11) is 0. The summed E-state index contributed by atoms with van der Waals surface area (Å²) in [6, 6.07) is 16.9. The molecule has 2 aliphatic rings. The molecule has 2 aromatic carbocycles. The monoisotopic (exact) mass is 650 g/mol. The van der Waals surface area contributed by atoms with Crippen LogP contribution in [0.2, 0.25) is 0 Å². The van der Waals surface area contributed by atoms with Crippen LogP contribution in [0.5, 0.6) is 0 Å². The van der Waals surface area contributed by atoms with Gasteiger partial charge in [-0.15, -0.1) is 0 Å². The Morgan fingerprint density at radius 3 is 2.62 bits per heavy atom. The Hall–Kier alpha value is -5.36. The summed E-state index contributed by atoms with van der Waals surface area (Å²) >= 11 is 0. The van der Waals surface area contributed by atoms with Crippen molar-refractivity contribution in [1.82, 2.24) is 25.8 Å². The highest BCUT2D eigenvalue weighted by molar-refractivity contribution is 6.25. The first-order valence-corrected chi connectivity index (χ1v) is 16.3. The third-order valence-electron chi connectivity index (χ3n) is 8.98. The molecule has 0 saturated carbocycles. The van der Waals surface area contributed by atoms with Crippen molar-refractivity contribution < 1.29 is 28.4 Å². The van der Waals surface area contributed by atoms with Gasteiger partial charge in [-0.3, -0.25) is 39.2 Å². The van der Waals surface area contributed by atoms with Gasteiger partial charge in [0.1, 0.15) is 23.4 Å². The SMILES string of the molecule is CCC(CCNCC(=O)NC(c1cccnc1)c1cc2ccccc2o1)CCNc1cccc2c1C(=O)N(C1CCC(=O)NC1=O)C2=O. The van der Waals surface area contributed by atoms with Crippen LogP contribution in [0.4, 0.5) is 5.69 Å². The predicted octanol–water partition coefficient (Wildman–Crippen LogP) is 3.94. The van der Waals surface area contributed by atoms with Crippen LogP contribution in [0.3, 0.4) is 0 Å². The first-order chi connectivity index (χ1) is 23.3. The largest absolute Gasteiger partial charge is 0.459 e. The van der Waals surface area contributed by atoms with Gasteiger partial charge >= 0.3 is 0 Å².